The monoisotopic (exact) mass is 723 g/mol. The van der Waals surface area contributed by atoms with Gasteiger partial charge in [0.05, 0.1) is 25.3 Å². The Kier molecular flexibility index (Phi) is 10.5. The predicted molar refractivity (Wildman–Crippen MR) is 194 cm³/mol. The first-order valence-corrected chi connectivity index (χ1v) is 16.9. The Balaban J connectivity index is 1.10. The van der Waals surface area contributed by atoms with E-state index in [1.54, 1.807) is 60.7 Å². The Morgan fingerprint density at radius 1 is 0.942 bits per heavy atom. The number of phenols is 1. The number of benzene rings is 4. The molecule has 2 heterocycles. The number of aliphatic hydroxyl groups is 2. The Hall–Kier alpha value is -5.86. The lowest BCUT2D eigenvalue weighted by Gasteiger charge is -2.25. The van der Waals surface area contributed by atoms with Gasteiger partial charge >= 0.3 is 5.97 Å². The van der Waals surface area contributed by atoms with Gasteiger partial charge in [0.2, 0.25) is 11.2 Å². The number of methoxy groups -OCH3 is 1. The van der Waals surface area contributed by atoms with E-state index in [9.17, 15) is 34.8 Å². The number of H-pyrrole nitrogens is 1. The second-order valence-corrected chi connectivity index (χ2v) is 13.2. The van der Waals surface area contributed by atoms with E-state index in [1.165, 1.54) is 42.7 Å². The maximum atomic E-state index is 15.3. The van der Waals surface area contributed by atoms with Crippen molar-refractivity contribution in [3.63, 3.8) is 0 Å². The minimum Gasteiger partial charge on any atom is -0.506 e. The molecule has 13 heteroatoms. The molecule has 0 radical (unpaired) electrons. The number of aromatic nitrogens is 1. The summed E-state index contributed by atoms with van der Waals surface area (Å²) >= 11 is 1.37. The molecule has 0 aliphatic heterocycles. The number of fused-ring (bicyclic) bond motifs is 1. The number of carboxylic acid groups (broad SMARTS) is 1. The highest BCUT2D eigenvalue weighted by atomic mass is 32.1. The Morgan fingerprint density at radius 3 is 2.46 bits per heavy atom. The number of carbonyl (C=O) groups excluding carboxylic acids is 1. The number of nitrogens with one attached hydrogen (secondary N) is 3. The third-order valence-corrected chi connectivity index (χ3v) is 9.83. The first-order chi connectivity index (χ1) is 25.0. The predicted octanol–water partition coefficient (Wildman–Crippen LogP) is 5.18. The van der Waals surface area contributed by atoms with Gasteiger partial charge < -0.3 is 40.8 Å². The molecule has 0 saturated carbocycles. The van der Waals surface area contributed by atoms with Crippen LogP contribution in [-0.4, -0.2) is 50.9 Å². The summed E-state index contributed by atoms with van der Waals surface area (Å²) < 4.78 is 20.7. The Morgan fingerprint density at radius 2 is 1.71 bits per heavy atom. The second-order valence-electron chi connectivity index (χ2n) is 12.0. The number of aliphatic carboxylic acids is 1. The third kappa shape index (κ3) is 7.29. The van der Waals surface area contributed by atoms with Gasteiger partial charge in [-0.15, -0.1) is 11.3 Å². The van der Waals surface area contributed by atoms with Crippen LogP contribution in [0.5, 0.6) is 11.5 Å². The molecule has 1 amide bonds. The van der Waals surface area contributed by atoms with Crippen LogP contribution in [0.3, 0.4) is 0 Å². The molecule has 11 nitrogen and oxygen atoms in total. The molecule has 7 N–H and O–H groups in total. The Labute approximate surface area is 300 Å². The van der Waals surface area contributed by atoms with Crippen molar-refractivity contribution in [2.24, 2.45) is 0 Å². The lowest BCUT2D eigenvalue weighted by molar-refractivity contribution is -0.155. The standard InChI is InChI=1S/C39H34FN3O8S/c1-51-33-18-23(17-30(40)29(33)20-41-21-32(45)27-11-13-31(44)36-28(27)12-15-35(46)43-36)37(47)42-19-26-10-14-34(52-26)22-6-5-9-25(16-22)39(50,38(48)49)24-7-3-2-4-8-24/h2-18,32,41,44-45,50H,19-21H2,1H3,(H,42,47)(H,43,46)(H,48,49). The molecule has 0 aliphatic rings. The SMILES string of the molecule is COc1cc(C(=O)NCc2ccc(-c3cccc(C(O)(C(=O)O)c4ccccc4)c3)s2)cc(F)c1CNCC(O)c1ccc(O)c2[nH]c(=O)ccc12. The number of hydrogen-bond acceptors (Lipinski definition) is 9. The van der Waals surface area contributed by atoms with Crippen molar-refractivity contribution in [1.29, 1.82) is 0 Å². The summed E-state index contributed by atoms with van der Waals surface area (Å²) in [6.45, 7) is 0.108. The van der Waals surface area contributed by atoms with Crippen molar-refractivity contribution in [3.05, 3.63) is 152 Å². The summed E-state index contributed by atoms with van der Waals surface area (Å²) in [5, 5.41) is 48.5. The van der Waals surface area contributed by atoms with Gasteiger partial charge in [-0.2, -0.15) is 0 Å². The van der Waals surface area contributed by atoms with Gasteiger partial charge in [-0.05, 0) is 59.2 Å². The molecule has 52 heavy (non-hydrogen) atoms. The van der Waals surface area contributed by atoms with Crippen LogP contribution in [0.4, 0.5) is 4.39 Å². The lowest BCUT2D eigenvalue weighted by atomic mass is 9.85. The summed E-state index contributed by atoms with van der Waals surface area (Å²) in [5.41, 5.74) is -0.688. The topological polar surface area (TPSA) is 181 Å². The molecule has 0 fully saturated rings. The number of hydrogen-bond donors (Lipinski definition) is 7. The summed E-state index contributed by atoms with van der Waals surface area (Å²) in [7, 11) is 1.36. The average molecular weight is 724 g/mol. The van der Waals surface area contributed by atoms with Crippen molar-refractivity contribution in [2.75, 3.05) is 13.7 Å². The van der Waals surface area contributed by atoms with E-state index in [0.29, 0.717) is 16.5 Å². The van der Waals surface area contributed by atoms with Crippen LogP contribution in [0.25, 0.3) is 21.3 Å². The number of aromatic amines is 1. The van der Waals surface area contributed by atoms with E-state index >= 15 is 4.39 Å². The zero-order chi connectivity index (χ0) is 37.0. The van der Waals surface area contributed by atoms with Gasteiger partial charge in [-0.25, -0.2) is 9.18 Å². The number of thiophene rings is 1. The van der Waals surface area contributed by atoms with E-state index in [-0.39, 0.29) is 58.9 Å². The van der Waals surface area contributed by atoms with Crippen molar-refractivity contribution >= 4 is 34.1 Å². The number of pyridine rings is 1. The van der Waals surface area contributed by atoms with Gasteiger partial charge in [0, 0.05) is 51.0 Å². The number of amides is 1. The van der Waals surface area contributed by atoms with Crippen molar-refractivity contribution in [1.82, 2.24) is 15.6 Å². The molecule has 0 bridgehead atoms. The quantitative estimate of drug-likeness (QED) is 0.0845. The number of aliphatic hydroxyl groups excluding tert-OH is 1. The van der Waals surface area contributed by atoms with Crippen molar-refractivity contribution < 1.29 is 39.1 Å². The van der Waals surface area contributed by atoms with Gasteiger partial charge in [0.1, 0.15) is 17.3 Å². The van der Waals surface area contributed by atoms with Crippen LogP contribution < -0.4 is 20.9 Å². The van der Waals surface area contributed by atoms with Crippen LogP contribution in [0, 0.1) is 5.82 Å². The minimum atomic E-state index is -2.25. The highest BCUT2D eigenvalue weighted by Crippen LogP contribution is 2.35. The third-order valence-electron chi connectivity index (χ3n) is 8.69. The zero-order valence-electron chi connectivity index (χ0n) is 27.7. The smallest absolute Gasteiger partial charge is 0.345 e. The van der Waals surface area contributed by atoms with Gasteiger partial charge in [-0.1, -0.05) is 54.6 Å². The fourth-order valence-corrected chi connectivity index (χ4v) is 6.92. The maximum absolute atomic E-state index is 15.3. The summed E-state index contributed by atoms with van der Waals surface area (Å²) in [5.74, 6) is -2.62. The van der Waals surface area contributed by atoms with Crippen LogP contribution in [0.1, 0.15) is 43.6 Å². The van der Waals surface area contributed by atoms with E-state index < -0.39 is 35.0 Å². The zero-order valence-corrected chi connectivity index (χ0v) is 28.5. The maximum Gasteiger partial charge on any atom is 0.345 e. The summed E-state index contributed by atoms with van der Waals surface area (Å²) in [4.78, 5) is 41.2. The highest BCUT2D eigenvalue weighted by Gasteiger charge is 2.40. The van der Waals surface area contributed by atoms with E-state index in [1.807, 2.05) is 12.1 Å². The molecule has 2 unspecified atom stereocenters. The molecule has 0 saturated heterocycles. The van der Waals surface area contributed by atoms with Crippen molar-refractivity contribution in [3.8, 4) is 21.9 Å². The molecule has 2 atom stereocenters. The molecule has 6 aromatic rings. The van der Waals surface area contributed by atoms with Gasteiger partial charge in [-0.3, -0.25) is 9.59 Å². The minimum absolute atomic E-state index is 0.00435. The number of aromatic hydroxyl groups is 1. The van der Waals surface area contributed by atoms with Crippen molar-refractivity contribution in [2.45, 2.75) is 24.8 Å². The fraction of sp³-hybridized carbons (Fsp3) is 0.154. The largest absolute Gasteiger partial charge is 0.506 e. The van der Waals surface area contributed by atoms with E-state index in [4.69, 9.17) is 4.74 Å². The number of carboxylic acids is 1. The molecule has 266 valence electrons. The van der Waals surface area contributed by atoms with Crippen LogP contribution >= 0.6 is 11.3 Å². The second kappa shape index (κ2) is 15.2. The number of halogens is 1. The van der Waals surface area contributed by atoms with Gasteiger partial charge in [0.15, 0.2) is 0 Å². The molecule has 2 aromatic heterocycles. The molecular weight excluding hydrogens is 690 g/mol. The molecule has 6 rings (SSSR count). The molecular formula is C39H34FN3O8S. The van der Waals surface area contributed by atoms with Crippen LogP contribution in [0.2, 0.25) is 0 Å². The summed E-state index contributed by atoms with van der Waals surface area (Å²) in [6, 6.07) is 26.7. The van der Waals surface area contributed by atoms with Crippen LogP contribution in [-0.2, 0) is 23.5 Å². The van der Waals surface area contributed by atoms with Gasteiger partial charge in [0.25, 0.3) is 5.91 Å². The molecule has 0 spiro atoms. The normalized spacial score (nSPS) is 13.0. The average Bonchev–Trinajstić information content (AvgIpc) is 3.63. The lowest BCUT2D eigenvalue weighted by Crippen LogP contribution is -2.36. The van der Waals surface area contributed by atoms with Crippen LogP contribution in [0.15, 0.2) is 108 Å². The summed E-state index contributed by atoms with van der Waals surface area (Å²) in [6.07, 6.45) is -1.06. The first-order valence-electron chi connectivity index (χ1n) is 16.1. The Bertz CT molecular complexity index is 2330. The molecule has 4 aromatic carbocycles. The highest BCUT2D eigenvalue weighted by molar-refractivity contribution is 7.15. The molecule has 0 aliphatic carbocycles. The number of phenolic OH excluding ortho intramolecular Hbond substituents is 1. The fourth-order valence-electron chi connectivity index (χ4n) is 5.98. The number of ether oxygens (including phenoxy) is 1. The van der Waals surface area contributed by atoms with E-state index in [0.717, 1.165) is 15.8 Å². The number of rotatable bonds is 13. The van der Waals surface area contributed by atoms with E-state index in [2.05, 4.69) is 15.6 Å². The number of carbonyl (C=O) groups is 2. The first kappa shape index (κ1) is 35.9.